The number of carbonyl (C=O) groups is 3. The summed E-state index contributed by atoms with van der Waals surface area (Å²) in [5.74, 6) is 2.36. The summed E-state index contributed by atoms with van der Waals surface area (Å²) in [6.07, 6.45) is -2.21. The maximum Gasteiger partial charge on any atom is 0.467 e. The van der Waals surface area contributed by atoms with Gasteiger partial charge in [0.15, 0.2) is 11.3 Å². The molecule has 6 aromatic rings. The van der Waals surface area contributed by atoms with Crippen LogP contribution >= 0.6 is 23.2 Å². The Hall–Kier alpha value is -7.58. The predicted molar refractivity (Wildman–Crippen MR) is 295 cm³/mol. The average molecular weight is 1250 g/mol. The van der Waals surface area contributed by atoms with Crippen molar-refractivity contribution in [1.82, 2.24) is 29.7 Å². The van der Waals surface area contributed by atoms with Gasteiger partial charge in [0.2, 0.25) is 0 Å². The van der Waals surface area contributed by atoms with Gasteiger partial charge in [-0.1, -0.05) is 29.3 Å². The smallest absolute Gasteiger partial charge is 0.324 e. The fraction of sp³-hybridized carbons (Fsp3) is 0.304. The molecule has 0 bridgehead atoms. The van der Waals surface area contributed by atoms with Gasteiger partial charge in [-0.3, -0.25) is 19.2 Å². The highest BCUT2D eigenvalue weighted by Crippen LogP contribution is 2.41. The SMILES string of the molecule is C=S(=O)(c1ccc(NC(=O)N2CCC(F)(c3ncccc3Cl)CC2)cc1)C(F)(F)F.Cc1cc(NC(=O)N2CCC(F)(c3ncccc3Cl)CC2)ccc1C(F)(F)F.O=C(Nc1ccc(C(F)(F)F)cc1)N1CC=C(c2ncccc2F)CC1. The van der Waals surface area contributed by atoms with Gasteiger partial charge in [-0.2, -0.15) is 39.5 Å². The molecule has 84 heavy (non-hydrogen) atoms. The quantitative estimate of drug-likeness (QED) is 0.106. The summed E-state index contributed by atoms with van der Waals surface area (Å²) in [7, 11) is -4.47. The molecule has 3 aliphatic heterocycles. The van der Waals surface area contributed by atoms with Crippen molar-refractivity contribution in [1.29, 1.82) is 0 Å². The zero-order chi connectivity index (χ0) is 61.4. The number of hydrogen-bond donors (Lipinski definition) is 3. The molecule has 6 heterocycles. The zero-order valence-corrected chi connectivity index (χ0v) is 46.5. The Balaban J connectivity index is 0.000000181. The number of aromatic nitrogens is 3. The van der Waals surface area contributed by atoms with Crippen molar-refractivity contribution >= 4 is 79.3 Å². The molecule has 0 saturated carbocycles. The van der Waals surface area contributed by atoms with E-state index in [0.29, 0.717) is 13.0 Å². The molecule has 3 aromatic heterocycles. The van der Waals surface area contributed by atoms with Crippen molar-refractivity contribution in [2.24, 2.45) is 0 Å². The van der Waals surface area contributed by atoms with Crippen molar-refractivity contribution in [3.63, 3.8) is 0 Å². The van der Waals surface area contributed by atoms with Crippen molar-refractivity contribution in [3.05, 3.63) is 177 Å². The number of aryl methyl sites for hydroxylation is 1. The fourth-order valence-corrected chi connectivity index (χ4v) is 10.4. The molecule has 6 amide bonds. The Bertz CT molecular complexity index is 3470. The molecule has 0 spiro atoms. The third-order valence-corrected chi connectivity index (χ3v) is 16.1. The molecule has 3 aliphatic rings. The molecule has 0 radical (unpaired) electrons. The van der Waals surface area contributed by atoms with E-state index in [0.717, 1.165) is 35.9 Å². The van der Waals surface area contributed by atoms with Gasteiger partial charge in [0.05, 0.1) is 42.1 Å². The van der Waals surface area contributed by atoms with E-state index in [2.05, 4.69) is 36.8 Å². The lowest BCUT2D eigenvalue weighted by Crippen LogP contribution is -2.45. The zero-order valence-electron chi connectivity index (χ0n) is 44.1. The summed E-state index contributed by atoms with van der Waals surface area (Å²) in [4.78, 5) is 52.9. The number of piperidine rings is 2. The first-order valence-electron chi connectivity index (χ1n) is 25.3. The summed E-state index contributed by atoms with van der Waals surface area (Å²) in [5, 5.41) is 8.12. The van der Waals surface area contributed by atoms with Gasteiger partial charge in [-0.15, -0.1) is 0 Å². The molecular formula is C56H51Cl2F12N9O4S. The number of amides is 6. The van der Waals surface area contributed by atoms with E-state index >= 15 is 8.78 Å². The Morgan fingerprint density at radius 2 is 1.04 bits per heavy atom. The second-order valence-electron chi connectivity index (χ2n) is 19.4. The molecular weight excluding hydrogens is 1190 g/mol. The van der Waals surface area contributed by atoms with Crippen LogP contribution in [0.1, 0.15) is 65.9 Å². The highest BCUT2D eigenvalue weighted by atomic mass is 35.5. The Morgan fingerprint density at radius 1 is 0.595 bits per heavy atom. The van der Waals surface area contributed by atoms with Gasteiger partial charge < -0.3 is 30.7 Å². The largest absolute Gasteiger partial charge is 0.467 e. The lowest BCUT2D eigenvalue weighted by Gasteiger charge is -2.36. The minimum absolute atomic E-state index is 0.00520. The minimum Gasteiger partial charge on any atom is -0.324 e. The van der Waals surface area contributed by atoms with Crippen LogP contribution in [0.15, 0.2) is 133 Å². The lowest BCUT2D eigenvalue weighted by atomic mass is 9.89. The van der Waals surface area contributed by atoms with Crippen LogP contribution in [0, 0.1) is 12.7 Å². The summed E-state index contributed by atoms with van der Waals surface area (Å²) < 4.78 is 171. The molecule has 9 rings (SSSR count). The van der Waals surface area contributed by atoms with Crippen molar-refractivity contribution in [3.8, 4) is 0 Å². The number of alkyl halides is 11. The van der Waals surface area contributed by atoms with Gasteiger partial charge in [0.1, 0.15) is 11.5 Å². The molecule has 1 atom stereocenters. The summed E-state index contributed by atoms with van der Waals surface area (Å²) in [6.45, 7) is 2.42. The highest BCUT2D eigenvalue weighted by molar-refractivity contribution is 8.01. The minimum atomic E-state index is -4.97. The van der Waals surface area contributed by atoms with Crippen LogP contribution in [0.3, 0.4) is 0 Å². The van der Waals surface area contributed by atoms with Crippen molar-refractivity contribution in [2.45, 2.75) is 73.1 Å². The maximum atomic E-state index is 15.3. The Morgan fingerprint density at radius 3 is 1.45 bits per heavy atom. The van der Waals surface area contributed by atoms with E-state index in [-0.39, 0.29) is 108 Å². The number of halogens is 14. The monoisotopic (exact) mass is 1240 g/mol. The maximum absolute atomic E-state index is 15.3. The number of carbonyl (C=O) groups excluding carboxylic acids is 3. The number of nitrogens with zero attached hydrogens (tertiary/aromatic N) is 6. The predicted octanol–water partition coefficient (Wildman–Crippen LogP) is 14.9. The molecule has 2 fully saturated rings. The summed E-state index contributed by atoms with van der Waals surface area (Å²) in [6, 6.07) is 19.8. The average Bonchev–Trinajstić information content (AvgIpc) is 2.53. The van der Waals surface area contributed by atoms with E-state index in [1.54, 1.807) is 30.3 Å². The Labute approximate surface area is 484 Å². The summed E-state index contributed by atoms with van der Waals surface area (Å²) >= 11 is 12.1. The van der Waals surface area contributed by atoms with Gasteiger partial charge in [0.25, 0.3) is 0 Å². The van der Waals surface area contributed by atoms with Crippen LogP contribution < -0.4 is 16.0 Å². The van der Waals surface area contributed by atoms with Gasteiger partial charge in [-0.05, 0) is 133 Å². The number of pyridine rings is 3. The number of anilines is 3. The molecule has 28 heteroatoms. The van der Waals surface area contributed by atoms with E-state index in [4.69, 9.17) is 23.2 Å². The second-order valence-corrected chi connectivity index (χ2v) is 22.5. The number of benzene rings is 3. The lowest BCUT2D eigenvalue weighted by molar-refractivity contribution is -0.138. The molecule has 3 N–H and O–H groups in total. The van der Waals surface area contributed by atoms with Gasteiger partial charge >= 0.3 is 36.0 Å². The van der Waals surface area contributed by atoms with E-state index in [9.17, 15) is 62.5 Å². The Kier molecular flexibility index (Phi) is 19.9. The van der Waals surface area contributed by atoms with E-state index in [1.807, 2.05) is 0 Å². The standard InChI is InChI=1S/C19H18ClF4N3O2S.C19H18ClF4N3O.C18H15F4N3O/c1-30(29,19(22,23)24)14-6-4-13(5-7-14)26-17(28)27-11-8-18(21,9-12-27)16-15(20)3-2-10-25-16;1-12-11-13(4-5-14(12)19(22,23)24)26-17(28)27-9-6-18(21,7-10-27)16-15(20)3-2-8-25-16;19-15-2-1-9-23-16(15)12-7-10-25(11-8-12)17(26)24-14-5-3-13(4-6-14)18(20,21)22/h2-7,10H,1,8-9,11-12H2,(H,26,28);2-5,8,11H,6-7,9-10H2,1H3,(H,26,28);1-7,9H,8,10-11H2,(H,24,26). The van der Waals surface area contributed by atoms with E-state index < -0.39 is 78.7 Å². The van der Waals surface area contributed by atoms with Gasteiger partial charge in [0, 0.05) is 105 Å². The summed E-state index contributed by atoms with van der Waals surface area (Å²) in [5.41, 5.74) is -7.92. The normalized spacial score (nSPS) is 16.8. The van der Waals surface area contributed by atoms with Gasteiger partial charge in [-0.25, -0.2) is 27.6 Å². The van der Waals surface area contributed by atoms with E-state index in [1.165, 1.54) is 88.7 Å². The molecule has 3 aromatic carbocycles. The first kappa shape index (κ1) is 64.0. The number of hydrogen-bond acceptors (Lipinski definition) is 7. The van der Waals surface area contributed by atoms with Crippen molar-refractivity contribution in [2.75, 3.05) is 55.2 Å². The molecule has 13 nitrogen and oxygen atoms in total. The molecule has 0 aliphatic carbocycles. The highest BCUT2D eigenvalue weighted by Gasteiger charge is 2.43. The fourth-order valence-electron chi connectivity index (χ4n) is 9.02. The molecule has 1 unspecified atom stereocenters. The third kappa shape index (κ3) is 15.8. The third-order valence-electron chi connectivity index (χ3n) is 13.7. The molecule has 448 valence electrons. The number of urea groups is 3. The van der Waals surface area contributed by atoms with Crippen LogP contribution in [-0.4, -0.2) is 103 Å². The van der Waals surface area contributed by atoms with Crippen LogP contribution in [-0.2, 0) is 33.2 Å². The van der Waals surface area contributed by atoms with Crippen LogP contribution in [0.4, 0.5) is 84.1 Å². The van der Waals surface area contributed by atoms with Crippen LogP contribution in [0.2, 0.25) is 10.0 Å². The number of likely N-dealkylation sites (tertiary alicyclic amines) is 2. The van der Waals surface area contributed by atoms with Crippen LogP contribution in [0.25, 0.3) is 5.57 Å². The number of rotatable bonds is 7. The number of nitrogens with one attached hydrogen (secondary N) is 3. The first-order valence-corrected chi connectivity index (χ1v) is 27.8. The topological polar surface area (TPSA) is 153 Å². The van der Waals surface area contributed by atoms with Crippen LogP contribution in [0.5, 0.6) is 0 Å². The second kappa shape index (κ2) is 26.1. The molecule has 2 saturated heterocycles. The first-order chi connectivity index (χ1) is 39.4. The van der Waals surface area contributed by atoms with Crippen molar-refractivity contribution < 1.29 is 71.3 Å².